The zero-order chi connectivity index (χ0) is 15.1. The SMILES string of the molecule is CCC(C)COC(=O)C(C)c1ccc(CC(C)C)cc1. The highest BCUT2D eigenvalue weighted by Gasteiger charge is 2.17. The Balaban J connectivity index is 2.58. The largest absolute Gasteiger partial charge is 0.465 e. The Morgan fingerprint density at radius 1 is 1.10 bits per heavy atom. The fourth-order valence-corrected chi connectivity index (χ4v) is 2.02. The van der Waals surface area contributed by atoms with Gasteiger partial charge in [0.25, 0.3) is 0 Å². The second-order valence-electron chi connectivity index (χ2n) is 6.20. The highest BCUT2D eigenvalue weighted by Crippen LogP contribution is 2.19. The Morgan fingerprint density at radius 2 is 1.70 bits per heavy atom. The monoisotopic (exact) mass is 276 g/mol. The van der Waals surface area contributed by atoms with Gasteiger partial charge >= 0.3 is 5.97 Å². The van der Waals surface area contributed by atoms with Gasteiger partial charge in [-0.05, 0) is 36.3 Å². The lowest BCUT2D eigenvalue weighted by molar-refractivity contribution is -0.146. The minimum absolute atomic E-state index is 0.123. The first kappa shape index (κ1) is 16.7. The third kappa shape index (κ3) is 5.36. The van der Waals surface area contributed by atoms with E-state index in [1.165, 1.54) is 5.56 Å². The third-order valence-electron chi connectivity index (χ3n) is 3.68. The van der Waals surface area contributed by atoms with Gasteiger partial charge in [0.15, 0.2) is 0 Å². The number of carbonyl (C=O) groups excluding carboxylic acids is 1. The predicted molar refractivity (Wildman–Crippen MR) is 83.8 cm³/mol. The van der Waals surface area contributed by atoms with Gasteiger partial charge in [0.2, 0.25) is 0 Å². The minimum atomic E-state index is -0.188. The number of benzene rings is 1. The molecular formula is C18H28O2. The highest BCUT2D eigenvalue weighted by molar-refractivity contribution is 5.77. The van der Waals surface area contributed by atoms with Crippen LogP contribution in [0.5, 0.6) is 0 Å². The lowest BCUT2D eigenvalue weighted by Gasteiger charge is -2.15. The Labute approximate surface area is 123 Å². The van der Waals surface area contributed by atoms with Gasteiger partial charge in [-0.1, -0.05) is 58.4 Å². The molecule has 0 amide bonds. The summed E-state index contributed by atoms with van der Waals surface area (Å²) in [4.78, 5) is 12.0. The smallest absolute Gasteiger partial charge is 0.313 e. The lowest BCUT2D eigenvalue weighted by Crippen LogP contribution is -2.17. The van der Waals surface area contributed by atoms with Gasteiger partial charge in [-0.3, -0.25) is 4.79 Å². The molecule has 0 N–H and O–H groups in total. The van der Waals surface area contributed by atoms with Gasteiger partial charge in [-0.15, -0.1) is 0 Å². The van der Waals surface area contributed by atoms with Gasteiger partial charge in [0.1, 0.15) is 0 Å². The maximum Gasteiger partial charge on any atom is 0.313 e. The summed E-state index contributed by atoms with van der Waals surface area (Å²) in [5.74, 6) is 0.771. The second-order valence-corrected chi connectivity index (χ2v) is 6.20. The van der Waals surface area contributed by atoms with Crippen LogP contribution in [0.15, 0.2) is 24.3 Å². The molecule has 0 aromatic heterocycles. The van der Waals surface area contributed by atoms with Crippen molar-refractivity contribution >= 4 is 5.97 Å². The lowest BCUT2D eigenvalue weighted by atomic mass is 9.97. The molecule has 2 unspecified atom stereocenters. The Kier molecular flexibility index (Phi) is 6.77. The summed E-state index contributed by atoms with van der Waals surface area (Å²) in [6.07, 6.45) is 2.11. The van der Waals surface area contributed by atoms with Crippen molar-refractivity contribution in [1.82, 2.24) is 0 Å². The van der Waals surface area contributed by atoms with E-state index in [9.17, 15) is 4.79 Å². The number of rotatable bonds is 7. The van der Waals surface area contributed by atoms with Crippen molar-refractivity contribution in [3.05, 3.63) is 35.4 Å². The van der Waals surface area contributed by atoms with Gasteiger partial charge in [-0.25, -0.2) is 0 Å². The topological polar surface area (TPSA) is 26.3 Å². The molecule has 2 heteroatoms. The highest BCUT2D eigenvalue weighted by atomic mass is 16.5. The Morgan fingerprint density at radius 3 is 2.20 bits per heavy atom. The zero-order valence-electron chi connectivity index (χ0n) is 13.5. The number of ether oxygens (including phenoxy) is 1. The average Bonchev–Trinajstić information content (AvgIpc) is 2.43. The average molecular weight is 276 g/mol. The van der Waals surface area contributed by atoms with Crippen LogP contribution in [0, 0.1) is 11.8 Å². The molecule has 1 aromatic carbocycles. The van der Waals surface area contributed by atoms with E-state index in [0.29, 0.717) is 18.4 Å². The molecule has 20 heavy (non-hydrogen) atoms. The molecule has 0 fully saturated rings. The van der Waals surface area contributed by atoms with E-state index in [0.717, 1.165) is 18.4 Å². The first-order chi connectivity index (χ1) is 9.43. The standard InChI is InChI=1S/C18H28O2/c1-6-14(4)12-20-18(19)15(5)17-9-7-16(8-10-17)11-13(2)3/h7-10,13-15H,6,11-12H2,1-5H3. The predicted octanol–water partition coefficient (Wildman–Crippen LogP) is 4.58. The molecule has 2 atom stereocenters. The molecule has 1 rings (SSSR count). The number of carbonyl (C=O) groups is 1. The Bertz CT molecular complexity index is 406. The molecule has 0 heterocycles. The van der Waals surface area contributed by atoms with E-state index in [4.69, 9.17) is 4.74 Å². The van der Waals surface area contributed by atoms with Crippen LogP contribution in [-0.4, -0.2) is 12.6 Å². The van der Waals surface area contributed by atoms with Crippen molar-refractivity contribution < 1.29 is 9.53 Å². The second kappa shape index (κ2) is 8.08. The zero-order valence-corrected chi connectivity index (χ0v) is 13.5. The van der Waals surface area contributed by atoms with E-state index < -0.39 is 0 Å². The summed E-state index contributed by atoms with van der Waals surface area (Å²) in [5, 5.41) is 0. The van der Waals surface area contributed by atoms with Crippen LogP contribution in [0.2, 0.25) is 0 Å². The molecule has 0 radical (unpaired) electrons. The molecule has 1 aromatic rings. The van der Waals surface area contributed by atoms with Crippen LogP contribution in [0.4, 0.5) is 0 Å². The van der Waals surface area contributed by atoms with Crippen LogP contribution in [0.3, 0.4) is 0 Å². The summed E-state index contributed by atoms with van der Waals surface area (Å²) < 4.78 is 5.37. The molecule has 0 aliphatic heterocycles. The first-order valence-electron chi connectivity index (χ1n) is 7.69. The van der Waals surface area contributed by atoms with Crippen LogP contribution in [0.1, 0.15) is 58.1 Å². The van der Waals surface area contributed by atoms with Crippen LogP contribution in [-0.2, 0) is 16.0 Å². The van der Waals surface area contributed by atoms with Crippen molar-refractivity contribution in [2.24, 2.45) is 11.8 Å². The number of hydrogen-bond acceptors (Lipinski definition) is 2. The molecule has 0 spiro atoms. The van der Waals surface area contributed by atoms with Crippen molar-refractivity contribution in [3.8, 4) is 0 Å². The summed E-state index contributed by atoms with van der Waals surface area (Å²) >= 11 is 0. The summed E-state index contributed by atoms with van der Waals surface area (Å²) in [5.41, 5.74) is 2.36. The van der Waals surface area contributed by atoms with E-state index in [-0.39, 0.29) is 11.9 Å². The van der Waals surface area contributed by atoms with Gasteiger partial charge in [-0.2, -0.15) is 0 Å². The first-order valence-corrected chi connectivity index (χ1v) is 7.69. The minimum Gasteiger partial charge on any atom is -0.465 e. The molecule has 2 nitrogen and oxygen atoms in total. The quantitative estimate of drug-likeness (QED) is 0.681. The van der Waals surface area contributed by atoms with Gasteiger partial charge < -0.3 is 4.74 Å². The molecule has 0 aliphatic rings. The summed E-state index contributed by atoms with van der Waals surface area (Å²) in [6.45, 7) is 11.1. The van der Waals surface area contributed by atoms with Crippen molar-refractivity contribution in [2.75, 3.05) is 6.61 Å². The fourth-order valence-electron chi connectivity index (χ4n) is 2.02. The van der Waals surface area contributed by atoms with Crippen LogP contribution in [0.25, 0.3) is 0 Å². The van der Waals surface area contributed by atoms with Crippen molar-refractivity contribution in [2.45, 2.75) is 53.4 Å². The maximum absolute atomic E-state index is 12.0. The van der Waals surface area contributed by atoms with Gasteiger partial charge in [0, 0.05) is 0 Å². The molecule has 0 aliphatic carbocycles. The van der Waals surface area contributed by atoms with Crippen LogP contribution < -0.4 is 0 Å². The molecular weight excluding hydrogens is 248 g/mol. The number of esters is 1. The van der Waals surface area contributed by atoms with Crippen molar-refractivity contribution in [3.63, 3.8) is 0 Å². The van der Waals surface area contributed by atoms with Gasteiger partial charge in [0.05, 0.1) is 12.5 Å². The van der Waals surface area contributed by atoms with E-state index in [1.807, 2.05) is 19.1 Å². The Hall–Kier alpha value is -1.31. The summed E-state index contributed by atoms with van der Waals surface area (Å²) in [6, 6.07) is 8.33. The van der Waals surface area contributed by atoms with E-state index in [2.05, 4.69) is 39.8 Å². The molecule has 0 saturated heterocycles. The van der Waals surface area contributed by atoms with E-state index >= 15 is 0 Å². The fraction of sp³-hybridized carbons (Fsp3) is 0.611. The maximum atomic E-state index is 12.0. The molecule has 0 bridgehead atoms. The third-order valence-corrected chi connectivity index (χ3v) is 3.68. The molecule has 0 saturated carbocycles. The van der Waals surface area contributed by atoms with Crippen LogP contribution >= 0.6 is 0 Å². The summed E-state index contributed by atoms with van der Waals surface area (Å²) in [7, 11) is 0. The molecule has 112 valence electrons. The van der Waals surface area contributed by atoms with Crippen molar-refractivity contribution in [1.29, 1.82) is 0 Å². The normalized spacial score (nSPS) is 14.1. The van der Waals surface area contributed by atoms with E-state index in [1.54, 1.807) is 0 Å². The number of hydrogen-bond donors (Lipinski definition) is 0.